The molecule has 0 spiro atoms. The minimum Gasteiger partial charge on any atom is -0.296 e. The summed E-state index contributed by atoms with van der Waals surface area (Å²) in [7, 11) is 0. The second-order valence-corrected chi connectivity index (χ2v) is 6.59. The van der Waals surface area contributed by atoms with Gasteiger partial charge in [-0.1, -0.05) is 30.2 Å². The maximum Gasteiger partial charge on any atom is 0.0489 e. The normalized spacial score (nSPS) is 14.6. The molecule has 2 aromatic rings. The molecule has 0 aliphatic heterocycles. The van der Waals surface area contributed by atoms with Gasteiger partial charge in [0, 0.05) is 36.5 Å². The molecule has 0 radical (unpaired) electrons. The fraction of sp³-hybridized carbons (Fsp3) is 0.500. The van der Waals surface area contributed by atoms with E-state index in [1.54, 1.807) is 0 Å². The van der Waals surface area contributed by atoms with Crippen molar-refractivity contribution in [2.24, 2.45) is 0 Å². The van der Waals surface area contributed by atoms with Crippen LogP contribution in [0.4, 0.5) is 0 Å². The largest absolute Gasteiger partial charge is 0.296 e. The van der Waals surface area contributed by atoms with Gasteiger partial charge in [-0.05, 0) is 56.0 Å². The van der Waals surface area contributed by atoms with E-state index in [0.717, 1.165) is 24.2 Å². The van der Waals surface area contributed by atoms with E-state index in [1.165, 1.54) is 44.2 Å². The molecule has 3 rings (SSSR count). The topological polar surface area (TPSA) is 21.1 Å². The lowest BCUT2D eigenvalue weighted by Crippen LogP contribution is -2.26. The van der Waals surface area contributed by atoms with Crippen LogP contribution < -0.4 is 0 Å². The van der Waals surface area contributed by atoms with Crippen LogP contribution in [0, 0.1) is 0 Å². The average molecular weight is 318 g/mol. The van der Waals surface area contributed by atoms with E-state index < -0.39 is 0 Å². The first-order chi connectivity index (χ1) is 10.8. The summed E-state index contributed by atoms with van der Waals surface area (Å²) in [6.07, 6.45) is 10.4. The minimum absolute atomic E-state index is 0.807. The molecule has 1 fully saturated rings. The van der Waals surface area contributed by atoms with E-state index in [0.29, 0.717) is 0 Å². The van der Waals surface area contributed by atoms with Crippen molar-refractivity contribution >= 4 is 11.6 Å². The molecule has 0 N–H and O–H groups in total. The summed E-state index contributed by atoms with van der Waals surface area (Å²) >= 11 is 5.96. The van der Waals surface area contributed by atoms with Crippen LogP contribution >= 0.6 is 11.6 Å². The molecule has 22 heavy (non-hydrogen) atoms. The third kappa shape index (κ3) is 4.85. The first-order valence-corrected chi connectivity index (χ1v) is 8.65. The Morgan fingerprint density at radius 1 is 1.14 bits per heavy atom. The van der Waals surface area contributed by atoms with E-state index in [-0.39, 0.29) is 0 Å². The van der Waals surface area contributed by atoms with Gasteiger partial charge < -0.3 is 0 Å². The molecule has 0 saturated heterocycles. The lowest BCUT2D eigenvalue weighted by atomic mass is 10.2. The predicted molar refractivity (Wildman–Crippen MR) is 91.0 cm³/mol. The Balaban J connectivity index is 1.39. The predicted octanol–water partition coefficient (Wildman–Crippen LogP) is 4.37. The Bertz CT molecular complexity index is 546. The maximum atomic E-state index is 5.96. The zero-order valence-corrected chi connectivity index (χ0v) is 13.8. The van der Waals surface area contributed by atoms with Crippen LogP contribution in [0.2, 0.25) is 5.02 Å². The highest BCUT2D eigenvalue weighted by molar-refractivity contribution is 6.30. The number of rotatable bonds is 9. The molecule has 4 heteroatoms. The Morgan fingerprint density at radius 3 is 2.64 bits per heavy atom. The molecule has 1 aliphatic rings. The van der Waals surface area contributed by atoms with Crippen molar-refractivity contribution < 1.29 is 0 Å². The number of aromatic nitrogens is 2. The number of nitrogens with zero attached hydrogens (tertiary/aromatic N) is 3. The SMILES string of the molecule is Clc1ccc(CN(CCCCCn2cccn2)C2CC2)cc1. The first-order valence-electron chi connectivity index (χ1n) is 8.27. The van der Waals surface area contributed by atoms with E-state index in [9.17, 15) is 0 Å². The fourth-order valence-corrected chi connectivity index (χ4v) is 2.98. The highest BCUT2D eigenvalue weighted by atomic mass is 35.5. The van der Waals surface area contributed by atoms with E-state index in [1.807, 2.05) is 35.3 Å². The van der Waals surface area contributed by atoms with E-state index >= 15 is 0 Å². The van der Waals surface area contributed by atoms with Crippen LogP contribution in [-0.2, 0) is 13.1 Å². The summed E-state index contributed by atoms with van der Waals surface area (Å²) in [6.45, 7) is 3.29. The summed E-state index contributed by atoms with van der Waals surface area (Å²) < 4.78 is 2.02. The van der Waals surface area contributed by atoms with Crippen molar-refractivity contribution in [1.82, 2.24) is 14.7 Å². The summed E-state index contributed by atoms with van der Waals surface area (Å²) in [5.41, 5.74) is 1.37. The smallest absolute Gasteiger partial charge is 0.0489 e. The van der Waals surface area contributed by atoms with Crippen molar-refractivity contribution in [3.8, 4) is 0 Å². The van der Waals surface area contributed by atoms with Gasteiger partial charge in [-0.15, -0.1) is 0 Å². The van der Waals surface area contributed by atoms with E-state index in [4.69, 9.17) is 11.6 Å². The molecule has 1 aromatic heterocycles. The summed E-state index contributed by atoms with van der Waals surface area (Å²) in [6, 6.07) is 11.1. The van der Waals surface area contributed by atoms with Crippen LogP contribution in [0.25, 0.3) is 0 Å². The molecule has 0 unspecified atom stereocenters. The number of hydrogen-bond donors (Lipinski definition) is 0. The Labute approximate surface area is 137 Å². The Kier molecular flexibility index (Phi) is 5.52. The van der Waals surface area contributed by atoms with Crippen LogP contribution in [0.5, 0.6) is 0 Å². The number of benzene rings is 1. The van der Waals surface area contributed by atoms with Gasteiger partial charge in [-0.3, -0.25) is 9.58 Å². The van der Waals surface area contributed by atoms with Gasteiger partial charge in [0.1, 0.15) is 0 Å². The molecule has 3 nitrogen and oxygen atoms in total. The van der Waals surface area contributed by atoms with Crippen molar-refractivity contribution in [2.75, 3.05) is 6.54 Å². The molecular formula is C18H24ClN3. The molecule has 0 bridgehead atoms. The Hall–Kier alpha value is -1.32. The van der Waals surface area contributed by atoms with Crippen molar-refractivity contribution in [3.63, 3.8) is 0 Å². The summed E-state index contributed by atoms with van der Waals surface area (Å²) in [5, 5.41) is 5.07. The monoisotopic (exact) mass is 317 g/mol. The van der Waals surface area contributed by atoms with Crippen LogP contribution in [0.1, 0.15) is 37.7 Å². The molecule has 1 saturated carbocycles. The van der Waals surface area contributed by atoms with Gasteiger partial charge in [-0.25, -0.2) is 0 Å². The number of hydrogen-bond acceptors (Lipinski definition) is 2. The van der Waals surface area contributed by atoms with Gasteiger partial charge in [0.05, 0.1) is 0 Å². The summed E-state index contributed by atoms with van der Waals surface area (Å²) in [5.74, 6) is 0. The first kappa shape index (κ1) is 15.6. The summed E-state index contributed by atoms with van der Waals surface area (Å²) in [4.78, 5) is 2.64. The van der Waals surface area contributed by atoms with Crippen molar-refractivity contribution in [3.05, 3.63) is 53.3 Å². The van der Waals surface area contributed by atoms with Gasteiger partial charge in [-0.2, -0.15) is 5.10 Å². The second-order valence-electron chi connectivity index (χ2n) is 6.16. The highest BCUT2D eigenvalue weighted by Gasteiger charge is 2.28. The van der Waals surface area contributed by atoms with Crippen LogP contribution in [0.15, 0.2) is 42.7 Å². The third-order valence-electron chi connectivity index (χ3n) is 4.25. The average Bonchev–Trinajstić information content (AvgIpc) is 3.24. The third-order valence-corrected chi connectivity index (χ3v) is 4.51. The van der Waals surface area contributed by atoms with Gasteiger partial charge in [0.25, 0.3) is 0 Å². The Morgan fingerprint density at radius 2 is 1.95 bits per heavy atom. The molecule has 118 valence electrons. The lowest BCUT2D eigenvalue weighted by molar-refractivity contribution is 0.248. The van der Waals surface area contributed by atoms with Crippen molar-refractivity contribution in [2.45, 2.75) is 51.2 Å². The molecule has 1 aliphatic carbocycles. The second kappa shape index (κ2) is 7.80. The molecule has 0 atom stereocenters. The number of aryl methyl sites for hydroxylation is 1. The maximum absolute atomic E-state index is 5.96. The molecule has 0 amide bonds. The minimum atomic E-state index is 0.807. The van der Waals surface area contributed by atoms with Crippen LogP contribution in [-0.4, -0.2) is 27.3 Å². The van der Waals surface area contributed by atoms with Crippen LogP contribution in [0.3, 0.4) is 0 Å². The quantitative estimate of drug-likeness (QED) is 0.640. The van der Waals surface area contributed by atoms with Crippen molar-refractivity contribution in [1.29, 1.82) is 0 Å². The molecule has 1 heterocycles. The molecule has 1 aromatic carbocycles. The van der Waals surface area contributed by atoms with Gasteiger partial charge >= 0.3 is 0 Å². The van der Waals surface area contributed by atoms with E-state index in [2.05, 4.69) is 22.1 Å². The number of unbranched alkanes of at least 4 members (excludes halogenated alkanes) is 2. The molecular weight excluding hydrogens is 294 g/mol. The van der Waals surface area contributed by atoms with Gasteiger partial charge in [0.15, 0.2) is 0 Å². The van der Waals surface area contributed by atoms with Gasteiger partial charge in [0.2, 0.25) is 0 Å². The zero-order chi connectivity index (χ0) is 15.2. The fourth-order valence-electron chi connectivity index (χ4n) is 2.85. The highest BCUT2D eigenvalue weighted by Crippen LogP contribution is 2.28. The number of halogens is 1. The zero-order valence-electron chi connectivity index (χ0n) is 13.0. The standard InChI is InChI=1S/C18H24ClN3/c19-17-7-5-16(6-8-17)15-21(18-9-10-18)12-2-1-3-13-22-14-4-11-20-22/h4-8,11,14,18H,1-3,9-10,12-13,15H2. The lowest BCUT2D eigenvalue weighted by Gasteiger charge is -2.22.